The van der Waals surface area contributed by atoms with Crippen LogP contribution in [0.5, 0.6) is 0 Å². The van der Waals surface area contributed by atoms with Crippen LogP contribution in [0.15, 0.2) is 18.2 Å². The van der Waals surface area contributed by atoms with Gasteiger partial charge < -0.3 is 25.8 Å². The monoisotopic (exact) mass is 542 g/mol. The summed E-state index contributed by atoms with van der Waals surface area (Å²) in [4.78, 5) is 43.8. The van der Waals surface area contributed by atoms with Crippen molar-refractivity contribution in [3.05, 3.63) is 52.6 Å². The van der Waals surface area contributed by atoms with Gasteiger partial charge in [0.2, 0.25) is 17.6 Å². The van der Waals surface area contributed by atoms with Crippen LogP contribution in [0.3, 0.4) is 0 Å². The Hall–Kier alpha value is -3.55. The Kier molecular flexibility index (Phi) is 7.72. The molecule has 9 nitrogen and oxygen atoms in total. The van der Waals surface area contributed by atoms with Crippen molar-refractivity contribution < 1.29 is 36.3 Å². The van der Waals surface area contributed by atoms with Crippen molar-refractivity contribution in [2.75, 3.05) is 19.6 Å². The zero-order chi connectivity index (χ0) is 27.8. The zero-order valence-corrected chi connectivity index (χ0v) is 20.3. The summed E-state index contributed by atoms with van der Waals surface area (Å²) < 4.78 is 69.4. The van der Waals surface area contributed by atoms with Crippen molar-refractivity contribution in [1.82, 2.24) is 19.4 Å². The van der Waals surface area contributed by atoms with E-state index in [0.717, 1.165) is 22.8 Å². The predicted molar refractivity (Wildman–Crippen MR) is 123 cm³/mol. The Morgan fingerprint density at radius 2 is 1.74 bits per heavy atom. The van der Waals surface area contributed by atoms with E-state index in [-0.39, 0.29) is 69.7 Å². The molecule has 1 aromatic carbocycles. The number of nitrogens with zero attached hydrogens (tertiary/aromatic N) is 4. The third-order valence-electron chi connectivity index (χ3n) is 6.93. The van der Waals surface area contributed by atoms with Gasteiger partial charge in [0, 0.05) is 44.6 Å². The molecule has 38 heavy (non-hydrogen) atoms. The minimum Gasteiger partial charge on any atom is -0.369 e. The van der Waals surface area contributed by atoms with Crippen molar-refractivity contribution >= 4 is 17.7 Å². The fourth-order valence-electron chi connectivity index (χ4n) is 4.89. The molecule has 0 aliphatic carbocycles. The second kappa shape index (κ2) is 10.7. The molecule has 206 valence electrons. The summed E-state index contributed by atoms with van der Waals surface area (Å²) in [6.45, 7) is -0.359. The van der Waals surface area contributed by atoms with Crippen LogP contribution in [0, 0.1) is 17.6 Å². The lowest BCUT2D eigenvalue weighted by Gasteiger charge is -2.32. The van der Waals surface area contributed by atoms with Gasteiger partial charge in [-0.1, -0.05) is 0 Å². The van der Waals surface area contributed by atoms with E-state index < -0.39 is 59.0 Å². The van der Waals surface area contributed by atoms with Gasteiger partial charge in [-0.05, 0) is 43.0 Å². The summed E-state index contributed by atoms with van der Waals surface area (Å²) in [5.74, 6) is -4.69. The highest BCUT2D eigenvalue weighted by molar-refractivity contribution is 5.94. The Labute approximate surface area is 214 Å². The molecule has 1 atom stereocenters. The Balaban J connectivity index is 1.50. The van der Waals surface area contributed by atoms with Crippen LogP contribution in [-0.4, -0.2) is 62.7 Å². The number of carbonyl (C=O) groups excluding carboxylic acids is 3. The second-order valence-electron chi connectivity index (χ2n) is 9.57. The Morgan fingerprint density at radius 1 is 1.05 bits per heavy atom. The van der Waals surface area contributed by atoms with Crippen molar-refractivity contribution in [2.45, 2.75) is 51.0 Å². The fraction of sp³-hybridized carbons (Fsp3) is 0.500. The van der Waals surface area contributed by atoms with Crippen LogP contribution in [0.1, 0.15) is 46.8 Å². The average molecular weight is 543 g/mol. The van der Waals surface area contributed by atoms with Gasteiger partial charge in [-0.15, -0.1) is 0 Å². The van der Waals surface area contributed by atoms with E-state index in [9.17, 15) is 36.3 Å². The Morgan fingerprint density at radius 3 is 2.37 bits per heavy atom. The topological polar surface area (TPSA) is 128 Å². The number of benzene rings is 1. The van der Waals surface area contributed by atoms with Crippen molar-refractivity contribution in [3.8, 4) is 0 Å². The number of hydrogen-bond acceptors (Lipinski definition) is 5. The van der Waals surface area contributed by atoms with Crippen LogP contribution in [0.25, 0.3) is 0 Å². The van der Waals surface area contributed by atoms with E-state index in [0.29, 0.717) is 0 Å². The van der Waals surface area contributed by atoms with Gasteiger partial charge in [0.25, 0.3) is 5.91 Å². The molecule has 1 saturated heterocycles. The number of hydrogen-bond donors (Lipinski definition) is 2. The molecule has 4 rings (SSSR count). The molecule has 14 heteroatoms. The first-order valence-corrected chi connectivity index (χ1v) is 12.1. The van der Waals surface area contributed by atoms with Crippen LogP contribution >= 0.6 is 0 Å². The fourth-order valence-corrected chi connectivity index (χ4v) is 4.89. The van der Waals surface area contributed by atoms with Gasteiger partial charge in [-0.3, -0.25) is 14.4 Å². The number of primary amides is 1. The number of carbonyl (C=O) groups is 3. The van der Waals surface area contributed by atoms with Crippen molar-refractivity contribution in [1.29, 1.82) is 0 Å². The highest BCUT2D eigenvalue weighted by Crippen LogP contribution is 2.33. The highest BCUT2D eigenvalue weighted by Gasteiger charge is 2.42. The number of rotatable bonds is 6. The number of nitrogens with two attached hydrogens (primary N) is 2. The van der Waals surface area contributed by atoms with E-state index in [1.165, 1.54) is 9.80 Å². The molecule has 0 unspecified atom stereocenters. The molecule has 2 aromatic rings. The molecular formula is C24H27F5N6O3. The number of imidazole rings is 1. The molecule has 1 fully saturated rings. The molecule has 0 saturated carbocycles. The number of aromatic nitrogens is 2. The summed E-state index contributed by atoms with van der Waals surface area (Å²) in [5.41, 5.74) is 10.9. The summed E-state index contributed by atoms with van der Waals surface area (Å²) >= 11 is 0. The predicted octanol–water partition coefficient (Wildman–Crippen LogP) is 1.82. The molecule has 2 aliphatic heterocycles. The molecular weight excluding hydrogens is 515 g/mol. The lowest BCUT2D eigenvalue weighted by atomic mass is 9.96. The van der Waals surface area contributed by atoms with E-state index in [4.69, 9.17) is 11.5 Å². The van der Waals surface area contributed by atoms with Crippen molar-refractivity contribution in [3.63, 3.8) is 0 Å². The van der Waals surface area contributed by atoms with Gasteiger partial charge in [0.1, 0.15) is 11.6 Å². The standard InChI is InChI=1S/C24H27F5N6O3/c25-15-1-2-17(26)14(9-15)10-16(30)11-19(36)34-7-8-35-18(12-34)20(32-23(35)24(27,28)29)22(38)33-5-3-13(4-6-33)21(31)37/h1-2,9,13,16H,3-8,10-12,30H2,(H2,31,37)/t16-/m1/s1. The molecule has 0 spiro atoms. The number of halogens is 5. The van der Waals surface area contributed by atoms with Crippen LogP contribution < -0.4 is 11.5 Å². The van der Waals surface area contributed by atoms with Gasteiger partial charge in [-0.25, -0.2) is 13.8 Å². The smallest absolute Gasteiger partial charge is 0.369 e. The van der Waals surface area contributed by atoms with E-state index in [1.54, 1.807) is 0 Å². The van der Waals surface area contributed by atoms with Crippen LogP contribution in [-0.2, 0) is 35.3 Å². The quantitative estimate of drug-likeness (QED) is 0.539. The minimum absolute atomic E-state index is 0.00447. The van der Waals surface area contributed by atoms with Gasteiger partial charge >= 0.3 is 6.18 Å². The zero-order valence-electron chi connectivity index (χ0n) is 20.3. The first-order chi connectivity index (χ1) is 17.8. The SMILES string of the molecule is NC(=O)C1CCN(C(=O)c2nc(C(F)(F)F)n3c2CN(C(=O)C[C@H](N)Cc2cc(F)ccc2F)CC3)CC1. The number of likely N-dealkylation sites (tertiary alicyclic amines) is 1. The maximum atomic E-state index is 13.9. The van der Waals surface area contributed by atoms with Gasteiger partial charge in [0.05, 0.1) is 12.2 Å². The lowest BCUT2D eigenvalue weighted by Crippen LogP contribution is -2.44. The minimum atomic E-state index is -4.82. The second-order valence-corrected chi connectivity index (χ2v) is 9.57. The van der Waals surface area contributed by atoms with Crippen LogP contribution in [0.4, 0.5) is 22.0 Å². The number of amides is 3. The third kappa shape index (κ3) is 5.79. The largest absolute Gasteiger partial charge is 0.449 e. The molecule has 2 aliphatic rings. The maximum Gasteiger partial charge on any atom is 0.449 e. The summed E-state index contributed by atoms with van der Waals surface area (Å²) in [6.07, 6.45) is -4.63. The van der Waals surface area contributed by atoms with E-state index in [2.05, 4.69) is 4.98 Å². The lowest BCUT2D eigenvalue weighted by molar-refractivity contribution is -0.148. The molecule has 0 radical (unpaired) electrons. The molecule has 3 amide bonds. The summed E-state index contributed by atoms with van der Waals surface area (Å²) in [7, 11) is 0. The summed E-state index contributed by atoms with van der Waals surface area (Å²) in [6, 6.07) is 2.03. The molecule has 0 bridgehead atoms. The van der Waals surface area contributed by atoms with Crippen molar-refractivity contribution in [2.24, 2.45) is 17.4 Å². The number of piperidine rings is 1. The molecule has 4 N–H and O–H groups in total. The number of fused-ring (bicyclic) bond motifs is 1. The van der Waals surface area contributed by atoms with E-state index in [1.807, 2.05) is 0 Å². The normalized spacial score (nSPS) is 17.3. The first-order valence-electron chi connectivity index (χ1n) is 12.1. The third-order valence-corrected chi connectivity index (χ3v) is 6.93. The summed E-state index contributed by atoms with van der Waals surface area (Å²) in [5, 5.41) is 0. The molecule has 1 aromatic heterocycles. The van der Waals surface area contributed by atoms with Gasteiger partial charge in [0.15, 0.2) is 5.69 Å². The average Bonchev–Trinajstić information content (AvgIpc) is 3.25. The van der Waals surface area contributed by atoms with Gasteiger partial charge in [-0.2, -0.15) is 13.2 Å². The van der Waals surface area contributed by atoms with E-state index >= 15 is 0 Å². The highest BCUT2D eigenvalue weighted by atomic mass is 19.4. The first kappa shape index (κ1) is 27.5. The van der Waals surface area contributed by atoms with Crippen LogP contribution in [0.2, 0.25) is 0 Å². The number of alkyl halides is 3. The molecule has 3 heterocycles. The maximum absolute atomic E-state index is 13.9. The Bertz CT molecular complexity index is 1240.